The standard InChI is InChI=1S/C22H29NO3/c1-4-19(26-20-14-8-6-11-17(20)3)22(24)23-16-10-13-18-12-7-9-15-21(18)25-5-2/h6-9,11-12,14-15,19H,4-5,10,13,16H2,1-3H3,(H,23,24)/t19-/m1/s1. The molecule has 0 fully saturated rings. The maximum absolute atomic E-state index is 12.4. The van der Waals surface area contributed by atoms with Gasteiger partial charge in [-0.05, 0) is 56.4 Å². The Labute approximate surface area is 156 Å². The second kappa shape index (κ2) is 10.5. The van der Waals surface area contributed by atoms with E-state index in [4.69, 9.17) is 9.47 Å². The monoisotopic (exact) mass is 355 g/mol. The van der Waals surface area contributed by atoms with Gasteiger partial charge in [-0.15, -0.1) is 0 Å². The summed E-state index contributed by atoms with van der Waals surface area (Å²) in [5, 5.41) is 2.99. The van der Waals surface area contributed by atoms with Crippen LogP contribution >= 0.6 is 0 Å². The van der Waals surface area contributed by atoms with E-state index in [1.54, 1.807) is 0 Å². The van der Waals surface area contributed by atoms with Crippen molar-refractivity contribution in [3.8, 4) is 11.5 Å². The number of rotatable bonds is 10. The molecule has 4 nitrogen and oxygen atoms in total. The normalized spacial score (nSPS) is 11.7. The smallest absolute Gasteiger partial charge is 0.261 e. The average Bonchev–Trinajstić information content (AvgIpc) is 2.66. The molecule has 0 aliphatic rings. The van der Waals surface area contributed by atoms with Crippen LogP contribution < -0.4 is 14.8 Å². The van der Waals surface area contributed by atoms with Gasteiger partial charge in [0.1, 0.15) is 11.5 Å². The van der Waals surface area contributed by atoms with Gasteiger partial charge >= 0.3 is 0 Å². The first-order valence-corrected chi connectivity index (χ1v) is 9.36. The summed E-state index contributed by atoms with van der Waals surface area (Å²) in [6, 6.07) is 15.8. The van der Waals surface area contributed by atoms with Gasteiger partial charge in [-0.3, -0.25) is 4.79 Å². The highest BCUT2D eigenvalue weighted by molar-refractivity contribution is 5.81. The van der Waals surface area contributed by atoms with Crippen LogP contribution in [0.2, 0.25) is 0 Å². The second-order valence-corrected chi connectivity index (χ2v) is 6.22. The number of hydrogen-bond donors (Lipinski definition) is 1. The molecule has 2 rings (SSSR count). The molecule has 0 bridgehead atoms. The lowest BCUT2D eigenvalue weighted by Crippen LogP contribution is -2.38. The third kappa shape index (κ3) is 5.80. The zero-order chi connectivity index (χ0) is 18.8. The highest BCUT2D eigenvalue weighted by atomic mass is 16.5. The summed E-state index contributed by atoms with van der Waals surface area (Å²) < 4.78 is 11.5. The van der Waals surface area contributed by atoms with E-state index in [-0.39, 0.29) is 5.91 Å². The van der Waals surface area contributed by atoms with Crippen LogP contribution in [0.1, 0.15) is 37.8 Å². The van der Waals surface area contributed by atoms with Crippen LogP contribution in [0.25, 0.3) is 0 Å². The lowest BCUT2D eigenvalue weighted by molar-refractivity contribution is -0.128. The Kier molecular flexibility index (Phi) is 8.00. The molecule has 0 saturated carbocycles. The summed E-state index contributed by atoms with van der Waals surface area (Å²) in [5.74, 6) is 1.63. The summed E-state index contributed by atoms with van der Waals surface area (Å²) in [6.07, 6.45) is 1.89. The zero-order valence-electron chi connectivity index (χ0n) is 16.0. The van der Waals surface area contributed by atoms with Gasteiger partial charge in [0.05, 0.1) is 6.61 Å². The molecule has 2 aromatic carbocycles. The van der Waals surface area contributed by atoms with E-state index in [0.717, 1.165) is 29.9 Å². The molecular formula is C22H29NO3. The van der Waals surface area contributed by atoms with E-state index in [1.807, 2.05) is 63.2 Å². The molecule has 1 N–H and O–H groups in total. The maximum atomic E-state index is 12.4. The number of carbonyl (C=O) groups excluding carboxylic acids is 1. The van der Waals surface area contributed by atoms with E-state index < -0.39 is 6.10 Å². The fourth-order valence-corrected chi connectivity index (χ4v) is 2.78. The van der Waals surface area contributed by atoms with E-state index in [1.165, 1.54) is 5.56 Å². The van der Waals surface area contributed by atoms with Crippen molar-refractivity contribution < 1.29 is 14.3 Å². The third-order valence-electron chi connectivity index (χ3n) is 4.22. The lowest BCUT2D eigenvalue weighted by Gasteiger charge is -2.18. The first-order valence-electron chi connectivity index (χ1n) is 9.36. The van der Waals surface area contributed by atoms with E-state index >= 15 is 0 Å². The summed E-state index contributed by atoms with van der Waals surface area (Å²) in [5.41, 5.74) is 2.21. The van der Waals surface area contributed by atoms with Gasteiger partial charge in [-0.1, -0.05) is 43.3 Å². The molecule has 0 radical (unpaired) electrons. The van der Waals surface area contributed by atoms with Gasteiger partial charge in [0.25, 0.3) is 5.91 Å². The van der Waals surface area contributed by atoms with Gasteiger partial charge in [0.15, 0.2) is 6.10 Å². The molecule has 0 saturated heterocycles. The van der Waals surface area contributed by atoms with Crippen molar-refractivity contribution in [2.45, 2.75) is 46.1 Å². The molecule has 26 heavy (non-hydrogen) atoms. The molecular weight excluding hydrogens is 326 g/mol. The summed E-state index contributed by atoms with van der Waals surface area (Å²) in [7, 11) is 0. The number of amides is 1. The number of carbonyl (C=O) groups is 1. The number of aryl methyl sites for hydroxylation is 2. The predicted octanol–water partition coefficient (Wildman–Crippen LogP) is 4.30. The minimum Gasteiger partial charge on any atom is -0.494 e. The number of nitrogens with one attached hydrogen (secondary N) is 1. The lowest BCUT2D eigenvalue weighted by atomic mass is 10.1. The van der Waals surface area contributed by atoms with Crippen LogP contribution in [-0.4, -0.2) is 25.2 Å². The highest BCUT2D eigenvalue weighted by Gasteiger charge is 2.18. The molecule has 0 aromatic heterocycles. The van der Waals surface area contributed by atoms with Gasteiger partial charge < -0.3 is 14.8 Å². The van der Waals surface area contributed by atoms with Crippen LogP contribution in [0.5, 0.6) is 11.5 Å². The number of ether oxygens (including phenoxy) is 2. The van der Waals surface area contributed by atoms with Gasteiger partial charge in [0.2, 0.25) is 0 Å². The minimum atomic E-state index is -0.466. The fourth-order valence-electron chi connectivity index (χ4n) is 2.78. The predicted molar refractivity (Wildman–Crippen MR) is 105 cm³/mol. The Hall–Kier alpha value is -2.49. The van der Waals surface area contributed by atoms with Crippen molar-refractivity contribution >= 4 is 5.91 Å². The van der Waals surface area contributed by atoms with Crippen LogP contribution in [0.3, 0.4) is 0 Å². The Morgan fingerprint density at radius 2 is 1.73 bits per heavy atom. The number of para-hydroxylation sites is 2. The van der Waals surface area contributed by atoms with Crippen LogP contribution in [-0.2, 0) is 11.2 Å². The molecule has 140 valence electrons. The van der Waals surface area contributed by atoms with E-state index in [9.17, 15) is 4.79 Å². The van der Waals surface area contributed by atoms with Crippen molar-refractivity contribution in [1.82, 2.24) is 5.32 Å². The van der Waals surface area contributed by atoms with Crippen molar-refractivity contribution in [3.05, 3.63) is 59.7 Å². The largest absolute Gasteiger partial charge is 0.494 e. The maximum Gasteiger partial charge on any atom is 0.261 e. The SMILES string of the molecule is CCOc1ccccc1CCCNC(=O)[C@@H](CC)Oc1ccccc1C. The molecule has 0 aliphatic carbocycles. The Morgan fingerprint density at radius 3 is 2.42 bits per heavy atom. The Balaban J connectivity index is 1.81. The first kappa shape index (κ1) is 19.8. The molecule has 0 unspecified atom stereocenters. The molecule has 1 amide bonds. The van der Waals surface area contributed by atoms with Gasteiger partial charge in [-0.2, -0.15) is 0 Å². The van der Waals surface area contributed by atoms with Crippen molar-refractivity contribution in [1.29, 1.82) is 0 Å². The summed E-state index contributed by atoms with van der Waals surface area (Å²) >= 11 is 0. The van der Waals surface area contributed by atoms with Crippen LogP contribution in [0.4, 0.5) is 0 Å². The topological polar surface area (TPSA) is 47.6 Å². The van der Waals surface area contributed by atoms with E-state index in [0.29, 0.717) is 19.6 Å². The van der Waals surface area contributed by atoms with Gasteiger partial charge in [0, 0.05) is 6.54 Å². The molecule has 0 heterocycles. The molecule has 0 aliphatic heterocycles. The van der Waals surface area contributed by atoms with Gasteiger partial charge in [-0.25, -0.2) is 0 Å². The summed E-state index contributed by atoms with van der Waals surface area (Å²) in [6.45, 7) is 7.20. The summed E-state index contributed by atoms with van der Waals surface area (Å²) in [4.78, 5) is 12.4. The molecule has 2 aromatic rings. The van der Waals surface area contributed by atoms with Crippen molar-refractivity contribution in [2.24, 2.45) is 0 Å². The number of hydrogen-bond acceptors (Lipinski definition) is 3. The number of benzene rings is 2. The van der Waals surface area contributed by atoms with Crippen molar-refractivity contribution in [2.75, 3.05) is 13.2 Å². The Morgan fingerprint density at radius 1 is 1.04 bits per heavy atom. The fraction of sp³-hybridized carbons (Fsp3) is 0.409. The average molecular weight is 355 g/mol. The highest BCUT2D eigenvalue weighted by Crippen LogP contribution is 2.20. The van der Waals surface area contributed by atoms with E-state index in [2.05, 4.69) is 11.4 Å². The third-order valence-corrected chi connectivity index (χ3v) is 4.22. The first-order chi connectivity index (χ1) is 12.7. The molecule has 4 heteroatoms. The molecule has 0 spiro atoms. The second-order valence-electron chi connectivity index (χ2n) is 6.22. The Bertz CT molecular complexity index is 699. The van der Waals surface area contributed by atoms with Crippen LogP contribution in [0, 0.1) is 6.92 Å². The molecule has 1 atom stereocenters. The van der Waals surface area contributed by atoms with Crippen LogP contribution in [0.15, 0.2) is 48.5 Å². The van der Waals surface area contributed by atoms with Crippen molar-refractivity contribution in [3.63, 3.8) is 0 Å². The zero-order valence-corrected chi connectivity index (χ0v) is 16.0. The quantitative estimate of drug-likeness (QED) is 0.647. The minimum absolute atomic E-state index is 0.0613.